The molecule has 3 fully saturated rings. The molecule has 0 unspecified atom stereocenters. The second-order valence-electron chi connectivity index (χ2n) is 8.12. The van der Waals surface area contributed by atoms with E-state index in [9.17, 15) is 9.90 Å². The lowest BCUT2D eigenvalue weighted by Crippen LogP contribution is -2.54. The SMILES string of the molecule is O=C(CN1CCN(c2ccc(O)cc2)CC1)N1CCC[C@@H]2CCCC[C@@H]21. The summed E-state index contributed by atoms with van der Waals surface area (Å²) in [6, 6.07) is 7.92. The van der Waals surface area contributed by atoms with Gasteiger partial charge in [0, 0.05) is 44.5 Å². The van der Waals surface area contributed by atoms with Gasteiger partial charge in [-0.25, -0.2) is 0 Å². The van der Waals surface area contributed by atoms with Crippen molar-refractivity contribution in [2.75, 3.05) is 44.2 Å². The number of piperidine rings is 1. The zero-order valence-electron chi connectivity index (χ0n) is 15.6. The maximum atomic E-state index is 13.0. The van der Waals surface area contributed by atoms with Crippen LogP contribution in [0.3, 0.4) is 0 Å². The van der Waals surface area contributed by atoms with E-state index in [0.717, 1.165) is 44.3 Å². The Morgan fingerprint density at radius 3 is 2.38 bits per heavy atom. The van der Waals surface area contributed by atoms with Crippen LogP contribution in [-0.2, 0) is 4.79 Å². The Balaban J connectivity index is 1.29. The lowest BCUT2D eigenvalue weighted by Gasteiger charge is -2.45. The first-order chi connectivity index (χ1) is 12.7. The second-order valence-corrected chi connectivity index (χ2v) is 8.12. The van der Waals surface area contributed by atoms with Crippen LogP contribution in [0.15, 0.2) is 24.3 Å². The number of anilines is 1. The summed E-state index contributed by atoms with van der Waals surface area (Å²) in [5, 5.41) is 9.43. The van der Waals surface area contributed by atoms with E-state index in [4.69, 9.17) is 0 Å². The number of phenols is 1. The van der Waals surface area contributed by atoms with Crippen LogP contribution in [0.2, 0.25) is 0 Å². The fraction of sp³-hybridized carbons (Fsp3) is 0.667. The van der Waals surface area contributed by atoms with Gasteiger partial charge in [-0.15, -0.1) is 0 Å². The quantitative estimate of drug-likeness (QED) is 0.904. The summed E-state index contributed by atoms with van der Waals surface area (Å²) >= 11 is 0. The molecule has 2 saturated heterocycles. The molecule has 26 heavy (non-hydrogen) atoms. The molecule has 142 valence electrons. The monoisotopic (exact) mass is 357 g/mol. The van der Waals surface area contributed by atoms with Crippen molar-refractivity contribution in [2.24, 2.45) is 5.92 Å². The van der Waals surface area contributed by atoms with Crippen molar-refractivity contribution in [2.45, 2.75) is 44.6 Å². The Bertz CT molecular complexity index is 608. The summed E-state index contributed by atoms with van der Waals surface area (Å²) in [7, 11) is 0. The van der Waals surface area contributed by atoms with Crippen LogP contribution in [0.4, 0.5) is 5.69 Å². The fourth-order valence-electron chi connectivity index (χ4n) is 5.04. The van der Waals surface area contributed by atoms with Gasteiger partial charge in [0.15, 0.2) is 0 Å². The van der Waals surface area contributed by atoms with Gasteiger partial charge in [0.05, 0.1) is 6.54 Å². The van der Waals surface area contributed by atoms with Crippen LogP contribution in [0.5, 0.6) is 5.75 Å². The van der Waals surface area contributed by atoms with Gasteiger partial charge in [-0.3, -0.25) is 9.69 Å². The highest BCUT2D eigenvalue weighted by Gasteiger charge is 2.36. The van der Waals surface area contributed by atoms with Crippen LogP contribution in [0.1, 0.15) is 38.5 Å². The molecule has 0 radical (unpaired) electrons. The molecule has 2 aliphatic heterocycles. The summed E-state index contributed by atoms with van der Waals surface area (Å²) in [5.41, 5.74) is 1.15. The van der Waals surface area contributed by atoms with Gasteiger partial charge in [0.1, 0.15) is 5.75 Å². The molecule has 3 aliphatic rings. The lowest BCUT2D eigenvalue weighted by atomic mass is 9.78. The van der Waals surface area contributed by atoms with Gasteiger partial charge < -0.3 is 14.9 Å². The summed E-state index contributed by atoms with van der Waals surface area (Å²) < 4.78 is 0. The Hall–Kier alpha value is -1.75. The predicted octanol–water partition coefficient (Wildman–Crippen LogP) is 2.70. The Morgan fingerprint density at radius 1 is 0.923 bits per heavy atom. The van der Waals surface area contributed by atoms with E-state index in [2.05, 4.69) is 14.7 Å². The van der Waals surface area contributed by atoms with Crippen LogP contribution in [0.25, 0.3) is 0 Å². The van der Waals surface area contributed by atoms with Gasteiger partial charge in [-0.1, -0.05) is 12.8 Å². The number of likely N-dealkylation sites (tertiary alicyclic amines) is 1. The molecule has 1 aliphatic carbocycles. The van der Waals surface area contributed by atoms with E-state index >= 15 is 0 Å². The maximum Gasteiger partial charge on any atom is 0.237 e. The Kier molecular flexibility index (Phi) is 5.34. The van der Waals surface area contributed by atoms with E-state index in [1.807, 2.05) is 12.1 Å². The number of rotatable bonds is 3. The molecule has 0 bridgehead atoms. The van der Waals surface area contributed by atoms with Crippen LogP contribution in [0, 0.1) is 5.92 Å². The Labute approximate surface area is 156 Å². The highest BCUT2D eigenvalue weighted by atomic mass is 16.3. The predicted molar refractivity (Wildman–Crippen MR) is 103 cm³/mol. The highest BCUT2D eigenvalue weighted by molar-refractivity contribution is 5.78. The molecule has 0 aromatic heterocycles. The molecular weight excluding hydrogens is 326 g/mol. The number of nitrogens with zero attached hydrogens (tertiary/aromatic N) is 3. The van der Waals surface area contributed by atoms with E-state index in [-0.39, 0.29) is 0 Å². The van der Waals surface area contributed by atoms with E-state index < -0.39 is 0 Å². The van der Waals surface area contributed by atoms with Gasteiger partial charge in [0.25, 0.3) is 0 Å². The van der Waals surface area contributed by atoms with Crippen LogP contribution < -0.4 is 4.90 Å². The number of carbonyl (C=O) groups excluding carboxylic acids is 1. The third-order valence-electron chi connectivity index (χ3n) is 6.51. The second kappa shape index (κ2) is 7.87. The average molecular weight is 357 g/mol. The van der Waals surface area contributed by atoms with Crippen molar-refractivity contribution >= 4 is 11.6 Å². The first-order valence-corrected chi connectivity index (χ1v) is 10.3. The van der Waals surface area contributed by atoms with Crippen molar-refractivity contribution in [3.63, 3.8) is 0 Å². The molecule has 1 saturated carbocycles. The van der Waals surface area contributed by atoms with Crippen LogP contribution >= 0.6 is 0 Å². The minimum absolute atomic E-state index is 0.306. The van der Waals surface area contributed by atoms with Gasteiger partial charge in [-0.2, -0.15) is 0 Å². The number of carbonyl (C=O) groups is 1. The van der Waals surface area contributed by atoms with Crippen molar-refractivity contribution in [3.05, 3.63) is 24.3 Å². The normalized spacial score (nSPS) is 27.2. The standard InChI is InChI=1S/C21H31N3O2/c25-19-9-7-18(8-10-19)23-14-12-22(13-15-23)16-21(26)24-11-3-5-17-4-1-2-6-20(17)24/h7-10,17,20,25H,1-6,11-16H2/t17-,20-/m0/s1. The zero-order valence-corrected chi connectivity index (χ0v) is 15.6. The summed E-state index contributed by atoms with van der Waals surface area (Å²) in [5.74, 6) is 1.41. The topological polar surface area (TPSA) is 47.0 Å². The summed E-state index contributed by atoms with van der Waals surface area (Å²) in [6.07, 6.45) is 7.67. The molecule has 1 amide bonds. The van der Waals surface area contributed by atoms with Crippen molar-refractivity contribution in [1.29, 1.82) is 0 Å². The molecule has 5 nitrogen and oxygen atoms in total. The summed E-state index contributed by atoms with van der Waals surface area (Å²) in [6.45, 7) is 5.26. The first kappa shape index (κ1) is 17.7. The number of fused-ring (bicyclic) bond motifs is 1. The molecule has 1 aromatic carbocycles. The fourth-order valence-corrected chi connectivity index (χ4v) is 5.04. The van der Waals surface area contributed by atoms with Crippen molar-refractivity contribution < 1.29 is 9.90 Å². The largest absolute Gasteiger partial charge is 0.508 e. The number of aromatic hydroxyl groups is 1. The molecule has 5 heteroatoms. The maximum absolute atomic E-state index is 13.0. The molecule has 0 spiro atoms. The van der Waals surface area contributed by atoms with Crippen molar-refractivity contribution in [3.8, 4) is 5.75 Å². The van der Waals surface area contributed by atoms with Gasteiger partial charge in [0.2, 0.25) is 5.91 Å². The molecule has 1 N–H and O–H groups in total. The van der Waals surface area contributed by atoms with Crippen molar-refractivity contribution in [1.82, 2.24) is 9.80 Å². The number of piperazine rings is 1. The minimum Gasteiger partial charge on any atom is -0.508 e. The highest BCUT2D eigenvalue weighted by Crippen LogP contribution is 2.35. The number of hydrogen-bond acceptors (Lipinski definition) is 4. The van der Waals surface area contributed by atoms with Gasteiger partial charge in [-0.05, 0) is 55.9 Å². The first-order valence-electron chi connectivity index (χ1n) is 10.3. The molecule has 4 rings (SSSR count). The molecule has 2 atom stereocenters. The third-order valence-corrected chi connectivity index (χ3v) is 6.51. The third kappa shape index (κ3) is 3.83. The number of amides is 1. The van der Waals surface area contributed by atoms with Gasteiger partial charge >= 0.3 is 0 Å². The number of phenolic OH excluding ortho intramolecular Hbond substituents is 1. The Morgan fingerprint density at radius 2 is 1.62 bits per heavy atom. The van der Waals surface area contributed by atoms with E-state index in [0.29, 0.717) is 24.2 Å². The summed E-state index contributed by atoms with van der Waals surface area (Å²) in [4.78, 5) is 19.8. The molecular formula is C21H31N3O2. The average Bonchev–Trinajstić information content (AvgIpc) is 2.69. The number of hydrogen-bond donors (Lipinski definition) is 1. The lowest BCUT2D eigenvalue weighted by molar-refractivity contribution is -0.138. The molecule has 1 aromatic rings. The molecule has 2 heterocycles. The van der Waals surface area contributed by atoms with E-state index in [1.165, 1.54) is 38.5 Å². The zero-order chi connectivity index (χ0) is 17.9. The minimum atomic E-state index is 0.306. The number of benzene rings is 1. The smallest absolute Gasteiger partial charge is 0.237 e. The van der Waals surface area contributed by atoms with Crippen LogP contribution in [-0.4, -0.2) is 66.1 Å². The van der Waals surface area contributed by atoms with E-state index in [1.54, 1.807) is 12.1 Å².